The number of carbonyl (C=O) groups is 1. The van der Waals surface area contributed by atoms with Crippen LogP contribution in [0.1, 0.15) is 27.7 Å². The average Bonchev–Trinajstić information content (AvgIpc) is 2.29. The normalized spacial score (nSPS) is 23.3. The quantitative estimate of drug-likeness (QED) is 0.617. The third-order valence-corrected chi connectivity index (χ3v) is 2.71. The highest BCUT2D eigenvalue weighted by Crippen LogP contribution is 2.33. The summed E-state index contributed by atoms with van der Waals surface area (Å²) in [4.78, 5) is 13.3. The van der Waals surface area contributed by atoms with Crippen molar-refractivity contribution in [3.8, 4) is 0 Å². The number of likely N-dealkylation sites (N-methyl/N-ethyl adjacent to an activating group) is 1. The van der Waals surface area contributed by atoms with Gasteiger partial charge < -0.3 is 4.90 Å². The van der Waals surface area contributed by atoms with Gasteiger partial charge in [0.1, 0.15) is 0 Å². The van der Waals surface area contributed by atoms with Gasteiger partial charge in [0.25, 0.3) is 0 Å². The second kappa shape index (κ2) is 3.17. The van der Waals surface area contributed by atoms with Crippen LogP contribution in [0.2, 0.25) is 0 Å². The van der Waals surface area contributed by atoms with Gasteiger partial charge in [0.15, 0.2) is 5.78 Å². The summed E-state index contributed by atoms with van der Waals surface area (Å²) in [5.41, 5.74) is 1.13. The molecule has 0 aromatic rings. The van der Waals surface area contributed by atoms with E-state index in [4.69, 9.17) is 0 Å². The SMILES string of the molecule is CC(=O)C1=CC(C(C)(C)C)CN1C. The third-order valence-electron chi connectivity index (χ3n) is 2.71. The van der Waals surface area contributed by atoms with Crippen LogP contribution < -0.4 is 0 Å². The molecule has 2 nitrogen and oxygen atoms in total. The number of Topliss-reactive ketones (excluding diaryl/α,β-unsaturated/α-hetero) is 1. The number of ketones is 1. The molecule has 0 aromatic heterocycles. The van der Waals surface area contributed by atoms with Crippen LogP contribution in [0.15, 0.2) is 11.8 Å². The molecule has 2 heteroatoms. The van der Waals surface area contributed by atoms with Crippen molar-refractivity contribution < 1.29 is 4.79 Å². The molecule has 1 aliphatic rings. The van der Waals surface area contributed by atoms with E-state index in [1.165, 1.54) is 0 Å². The topological polar surface area (TPSA) is 20.3 Å². The van der Waals surface area contributed by atoms with Gasteiger partial charge in [-0.2, -0.15) is 0 Å². The molecule has 0 saturated carbocycles. The van der Waals surface area contributed by atoms with E-state index in [2.05, 4.69) is 31.7 Å². The lowest BCUT2D eigenvalue weighted by Crippen LogP contribution is -2.25. The highest BCUT2D eigenvalue weighted by atomic mass is 16.1. The van der Waals surface area contributed by atoms with Crippen molar-refractivity contribution in [3.63, 3.8) is 0 Å². The monoisotopic (exact) mass is 181 g/mol. The lowest BCUT2D eigenvalue weighted by Gasteiger charge is -2.26. The van der Waals surface area contributed by atoms with E-state index in [0.717, 1.165) is 12.2 Å². The molecule has 74 valence electrons. The van der Waals surface area contributed by atoms with E-state index in [9.17, 15) is 4.79 Å². The Morgan fingerprint density at radius 3 is 2.31 bits per heavy atom. The fourth-order valence-corrected chi connectivity index (χ4v) is 1.67. The van der Waals surface area contributed by atoms with Crippen molar-refractivity contribution in [2.45, 2.75) is 27.7 Å². The summed E-state index contributed by atoms with van der Waals surface area (Å²) in [6, 6.07) is 0. The zero-order valence-corrected chi connectivity index (χ0v) is 9.22. The second-order valence-corrected chi connectivity index (χ2v) is 4.96. The first-order valence-corrected chi connectivity index (χ1v) is 4.76. The molecule has 1 atom stereocenters. The van der Waals surface area contributed by atoms with Crippen LogP contribution in [-0.4, -0.2) is 24.3 Å². The summed E-state index contributed by atoms with van der Waals surface area (Å²) >= 11 is 0. The molecule has 0 aromatic carbocycles. The minimum absolute atomic E-state index is 0.175. The van der Waals surface area contributed by atoms with Crippen LogP contribution in [0.25, 0.3) is 0 Å². The van der Waals surface area contributed by atoms with Crippen molar-refractivity contribution >= 4 is 5.78 Å². The van der Waals surface area contributed by atoms with Gasteiger partial charge in [0, 0.05) is 26.4 Å². The van der Waals surface area contributed by atoms with Crippen LogP contribution in [-0.2, 0) is 4.79 Å². The molecule has 1 heterocycles. The number of hydrogen-bond donors (Lipinski definition) is 0. The Labute approximate surface area is 80.6 Å². The second-order valence-electron chi connectivity index (χ2n) is 4.96. The van der Waals surface area contributed by atoms with Gasteiger partial charge in [-0.3, -0.25) is 4.79 Å². The first kappa shape index (κ1) is 10.3. The molecule has 1 unspecified atom stereocenters. The predicted molar refractivity (Wildman–Crippen MR) is 54.3 cm³/mol. The Balaban J connectivity index is 2.84. The van der Waals surface area contributed by atoms with Crippen LogP contribution in [0.5, 0.6) is 0 Å². The molecule has 1 rings (SSSR count). The molecular formula is C11H19NO. The molecule has 0 amide bonds. The highest BCUT2D eigenvalue weighted by Gasteiger charge is 2.31. The molecule has 1 aliphatic heterocycles. The van der Waals surface area contributed by atoms with E-state index in [-0.39, 0.29) is 11.2 Å². The lowest BCUT2D eigenvalue weighted by molar-refractivity contribution is -0.114. The Morgan fingerprint density at radius 1 is 1.54 bits per heavy atom. The molecule has 0 spiro atoms. The van der Waals surface area contributed by atoms with E-state index in [1.807, 2.05) is 7.05 Å². The summed E-state index contributed by atoms with van der Waals surface area (Å²) in [5.74, 6) is 0.672. The molecule has 0 fully saturated rings. The zero-order valence-electron chi connectivity index (χ0n) is 9.22. The number of hydrogen-bond acceptors (Lipinski definition) is 2. The maximum atomic E-state index is 11.2. The summed E-state index contributed by atoms with van der Waals surface area (Å²) < 4.78 is 0. The predicted octanol–water partition coefficient (Wildman–Crippen LogP) is 2.07. The summed E-state index contributed by atoms with van der Waals surface area (Å²) in [5, 5.41) is 0. The average molecular weight is 181 g/mol. The zero-order chi connectivity index (χ0) is 10.2. The minimum atomic E-state index is 0.175. The van der Waals surface area contributed by atoms with Crippen molar-refractivity contribution in [3.05, 3.63) is 11.8 Å². The van der Waals surface area contributed by atoms with Crippen molar-refractivity contribution in [1.82, 2.24) is 4.90 Å². The molecule has 0 radical (unpaired) electrons. The third kappa shape index (κ3) is 2.11. The lowest BCUT2D eigenvalue weighted by atomic mass is 9.81. The summed E-state index contributed by atoms with van der Waals surface area (Å²) in [6.07, 6.45) is 2.11. The molecule has 13 heavy (non-hydrogen) atoms. The van der Waals surface area contributed by atoms with Crippen molar-refractivity contribution in [2.24, 2.45) is 11.3 Å². The first-order chi connectivity index (χ1) is 5.82. The molecule has 0 N–H and O–H groups in total. The van der Waals surface area contributed by atoms with Gasteiger partial charge in [-0.05, 0) is 5.41 Å². The van der Waals surface area contributed by atoms with Crippen molar-refractivity contribution in [2.75, 3.05) is 13.6 Å². The van der Waals surface area contributed by atoms with E-state index < -0.39 is 0 Å². The fourth-order valence-electron chi connectivity index (χ4n) is 1.67. The minimum Gasteiger partial charge on any atom is -0.371 e. The Morgan fingerprint density at radius 2 is 2.08 bits per heavy atom. The van der Waals surface area contributed by atoms with E-state index >= 15 is 0 Å². The van der Waals surface area contributed by atoms with Gasteiger partial charge in [-0.15, -0.1) is 0 Å². The molecule has 0 aliphatic carbocycles. The standard InChI is InChI=1S/C11H19NO/c1-8(13)10-6-9(7-12(10)5)11(2,3)4/h6,9H,7H2,1-5H3. The van der Waals surface area contributed by atoms with Gasteiger partial charge in [-0.1, -0.05) is 26.8 Å². The van der Waals surface area contributed by atoms with Crippen molar-refractivity contribution in [1.29, 1.82) is 0 Å². The summed E-state index contributed by atoms with van der Waals surface area (Å²) in [7, 11) is 1.99. The Bertz CT molecular complexity index is 247. The number of allylic oxidation sites excluding steroid dienone is 1. The smallest absolute Gasteiger partial charge is 0.175 e. The molecule has 0 saturated heterocycles. The largest absolute Gasteiger partial charge is 0.371 e. The highest BCUT2D eigenvalue weighted by molar-refractivity contribution is 5.93. The van der Waals surface area contributed by atoms with Crippen LogP contribution >= 0.6 is 0 Å². The molecular weight excluding hydrogens is 162 g/mol. The Kier molecular flexibility index (Phi) is 2.51. The van der Waals surface area contributed by atoms with E-state index in [0.29, 0.717) is 5.92 Å². The Hall–Kier alpha value is -0.790. The van der Waals surface area contributed by atoms with Crippen LogP contribution in [0.4, 0.5) is 0 Å². The number of nitrogens with zero attached hydrogens (tertiary/aromatic N) is 1. The van der Waals surface area contributed by atoms with Gasteiger partial charge in [0.2, 0.25) is 0 Å². The maximum absolute atomic E-state index is 11.2. The van der Waals surface area contributed by atoms with Crippen LogP contribution in [0, 0.1) is 11.3 Å². The maximum Gasteiger partial charge on any atom is 0.175 e. The van der Waals surface area contributed by atoms with Gasteiger partial charge >= 0.3 is 0 Å². The van der Waals surface area contributed by atoms with Gasteiger partial charge in [0.05, 0.1) is 5.70 Å². The number of carbonyl (C=O) groups excluding carboxylic acids is 1. The van der Waals surface area contributed by atoms with Gasteiger partial charge in [-0.25, -0.2) is 0 Å². The molecule has 0 bridgehead atoms. The van der Waals surface area contributed by atoms with E-state index in [1.54, 1.807) is 6.92 Å². The fraction of sp³-hybridized carbons (Fsp3) is 0.727. The van der Waals surface area contributed by atoms with Crippen LogP contribution in [0.3, 0.4) is 0 Å². The first-order valence-electron chi connectivity index (χ1n) is 4.76. The number of rotatable bonds is 1. The summed E-state index contributed by atoms with van der Waals surface area (Å²) in [6.45, 7) is 9.24.